The van der Waals surface area contributed by atoms with Crippen LogP contribution >= 0.6 is 0 Å². The predicted octanol–water partition coefficient (Wildman–Crippen LogP) is 1.11. The van der Waals surface area contributed by atoms with Crippen LogP contribution in [0.15, 0.2) is 24.3 Å². The minimum atomic E-state index is -1.06. The summed E-state index contributed by atoms with van der Waals surface area (Å²) < 4.78 is 0. The Morgan fingerprint density at radius 1 is 1.28 bits per heavy atom. The SMILES string of the molecule is CCCCC(NC(=O)c1ccc(CN2C(=O)CNC2=O)cc1)C(=O)O. The molecule has 1 aliphatic rings. The molecule has 134 valence electrons. The van der Waals surface area contributed by atoms with Gasteiger partial charge in [0.1, 0.15) is 6.04 Å². The zero-order valence-electron chi connectivity index (χ0n) is 13.9. The quantitative estimate of drug-likeness (QED) is 0.609. The first-order valence-electron chi connectivity index (χ1n) is 8.13. The number of aliphatic carboxylic acids is 1. The molecule has 8 heteroatoms. The van der Waals surface area contributed by atoms with E-state index in [1.54, 1.807) is 24.3 Å². The van der Waals surface area contributed by atoms with Gasteiger partial charge in [0.2, 0.25) is 5.91 Å². The van der Waals surface area contributed by atoms with Gasteiger partial charge in [0.25, 0.3) is 5.91 Å². The van der Waals surface area contributed by atoms with E-state index in [1.807, 2.05) is 6.92 Å². The predicted molar refractivity (Wildman–Crippen MR) is 88.8 cm³/mol. The van der Waals surface area contributed by atoms with Crippen molar-refractivity contribution in [2.45, 2.75) is 38.8 Å². The lowest BCUT2D eigenvalue weighted by molar-refractivity contribution is -0.139. The lowest BCUT2D eigenvalue weighted by atomic mass is 10.1. The lowest BCUT2D eigenvalue weighted by Gasteiger charge is -2.15. The number of nitrogens with zero attached hydrogens (tertiary/aromatic N) is 1. The smallest absolute Gasteiger partial charge is 0.326 e. The Morgan fingerprint density at radius 3 is 2.48 bits per heavy atom. The van der Waals surface area contributed by atoms with Crippen molar-refractivity contribution in [2.24, 2.45) is 0 Å². The zero-order chi connectivity index (χ0) is 18.4. The van der Waals surface area contributed by atoms with E-state index in [0.717, 1.165) is 11.3 Å². The van der Waals surface area contributed by atoms with Crippen LogP contribution in [-0.2, 0) is 16.1 Å². The van der Waals surface area contributed by atoms with Crippen LogP contribution < -0.4 is 10.6 Å². The third-order valence-electron chi connectivity index (χ3n) is 3.94. The van der Waals surface area contributed by atoms with Crippen LogP contribution in [0.4, 0.5) is 4.79 Å². The van der Waals surface area contributed by atoms with Gasteiger partial charge in [-0.1, -0.05) is 31.9 Å². The normalized spacial score (nSPS) is 15.0. The number of nitrogens with one attached hydrogen (secondary N) is 2. The molecule has 8 nitrogen and oxygen atoms in total. The van der Waals surface area contributed by atoms with Crippen LogP contribution in [-0.4, -0.2) is 46.4 Å². The van der Waals surface area contributed by atoms with Gasteiger partial charge in [0, 0.05) is 5.56 Å². The van der Waals surface area contributed by atoms with E-state index in [4.69, 9.17) is 5.11 Å². The summed E-state index contributed by atoms with van der Waals surface area (Å²) in [5, 5.41) is 14.1. The molecule has 1 fully saturated rings. The third kappa shape index (κ3) is 4.79. The van der Waals surface area contributed by atoms with E-state index in [0.29, 0.717) is 24.0 Å². The number of unbranched alkanes of at least 4 members (excludes halogenated alkanes) is 1. The van der Waals surface area contributed by atoms with Gasteiger partial charge < -0.3 is 15.7 Å². The van der Waals surface area contributed by atoms with Crippen LogP contribution in [0.1, 0.15) is 42.1 Å². The molecule has 0 aromatic heterocycles. The maximum Gasteiger partial charge on any atom is 0.326 e. The molecule has 1 aromatic carbocycles. The minimum Gasteiger partial charge on any atom is -0.480 e. The highest BCUT2D eigenvalue weighted by molar-refractivity contribution is 6.02. The first kappa shape index (κ1) is 18.4. The summed E-state index contributed by atoms with van der Waals surface area (Å²) in [6, 6.07) is 5.00. The molecule has 3 N–H and O–H groups in total. The van der Waals surface area contributed by atoms with Gasteiger partial charge in [0.15, 0.2) is 0 Å². The van der Waals surface area contributed by atoms with Crippen molar-refractivity contribution in [3.63, 3.8) is 0 Å². The number of benzene rings is 1. The maximum atomic E-state index is 12.2. The number of urea groups is 1. The molecule has 0 radical (unpaired) electrons. The van der Waals surface area contributed by atoms with Gasteiger partial charge in [-0.15, -0.1) is 0 Å². The molecule has 1 heterocycles. The van der Waals surface area contributed by atoms with E-state index in [-0.39, 0.29) is 19.0 Å². The molecule has 1 atom stereocenters. The first-order chi connectivity index (χ1) is 11.9. The van der Waals surface area contributed by atoms with Gasteiger partial charge in [0.05, 0.1) is 13.1 Å². The first-order valence-corrected chi connectivity index (χ1v) is 8.13. The molecule has 1 unspecified atom stereocenters. The molecule has 25 heavy (non-hydrogen) atoms. The molecule has 0 bridgehead atoms. The monoisotopic (exact) mass is 347 g/mol. The minimum absolute atomic E-state index is 0.00629. The summed E-state index contributed by atoms with van der Waals surface area (Å²) in [5.74, 6) is -1.82. The summed E-state index contributed by atoms with van der Waals surface area (Å²) >= 11 is 0. The summed E-state index contributed by atoms with van der Waals surface area (Å²) in [6.45, 7) is 2.07. The molecule has 1 saturated heterocycles. The second-order valence-electron chi connectivity index (χ2n) is 5.84. The summed E-state index contributed by atoms with van der Waals surface area (Å²) in [5.41, 5.74) is 1.02. The summed E-state index contributed by atoms with van der Waals surface area (Å²) in [4.78, 5) is 47.5. The standard InChI is InChI=1S/C17H21N3O5/c1-2-3-4-13(16(23)24)19-15(22)12-7-5-11(6-8-12)10-20-14(21)9-18-17(20)25/h5-8,13H,2-4,9-10H2,1H3,(H,18,25)(H,19,22)(H,23,24). The van der Waals surface area contributed by atoms with E-state index < -0.39 is 23.9 Å². The fourth-order valence-electron chi connectivity index (χ4n) is 2.47. The lowest BCUT2D eigenvalue weighted by Crippen LogP contribution is -2.40. The number of imide groups is 1. The van der Waals surface area contributed by atoms with Crippen LogP contribution in [0.5, 0.6) is 0 Å². The largest absolute Gasteiger partial charge is 0.480 e. The van der Waals surface area contributed by atoms with Gasteiger partial charge in [-0.05, 0) is 24.1 Å². The van der Waals surface area contributed by atoms with Crippen molar-refractivity contribution in [1.29, 1.82) is 0 Å². The van der Waals surface area contributed by atoms with Gasteiger partial charge in [-0.3, -0.25) is 14.5 Å². The van der Waals surface area contributed by atoms with Crippen molar-refractivity contribution in [3.05, 3.63) is 35.4 Å². The molecule has 2 rings (SSSR count). The Balaban J connectivity index is 1.98. The van der Waals surface area contributed by atoms with Gasteiger partial charge in [-0.25, -0.2) is 9.59 Å². The second-order valence-corrected chi connectivity index (χ2v) is 5.84. The average molecular weight is 347 g/mol. The number of hydrogen-bond acceptors (Lipinski definition) is 4. The molecular formula is C17H21N3O5. The highest BCUT2D eigenvalue weighted by Crippen LogP contribution is 2.11. The Morgan fingerprint density at radius 2 is 1.96 bits per heavy atom. The van der Waals surface area contributed by atoms with E-state index >= 15 is 0 Å². The molecular weight excluding hydrogens is 326 g/mol. The molecule has 1 aliphatic heterocycles. The average Bonchev–Trinajstić information content (AvgIpc) is 2.90. The third-order valence-corrected chi connectivity index (χ3v) is 3.94. The molecule has 4 amide bonds. The maximum absolute atomic E-state index is 12.2. The van der Waals surface area contributed by atoms with Gasteiger partial charge >= 0.3 is 12.0 Å². The fraction of sp³-hybridized carbons (Fsp3) is 0.412. The Labute approximate surface area is 145 Å². The number of amides is 4. The summed E-state index contributed by atoms with van der Waals surface area (Å²) in [6.07, 6.45) is 1.93. The van der Waals surface area contributed by atoms with Crippen molar-refractivity contribution in [2.75, 3.05) is 6.54 Å². The number of carbonyl (C=O) groups excluding carboxylic acids is 3. The highest BCUT2D eigenvalue weighted by atomic mass is 16.4. The molecule has 1 aromatic rings. The fourth-order valence-corrected chi connectivity index (χ4v) is 2.47. The van der Waals surface area contributed by atoms with Gasteiger partial charge in [-0.2, -0.15) is 0 Å². The van der Waals surface area contributed by atoms with E-state index in [9.17, 15) is 19.2 Å². The van der Waals surface area contributed by atoms with Crippen molar-refractivity contribution in [3.8, 4) is 0 Å². The van der Waals surface area contributed by atoms with Crippen LogP contribution in [0.3, 0.4) is 0 Å². The zero-order valence-corrected chi connectivity index (χ0v) is 13.9. The number of hydrogen-bond donors (Lipinski definition) is 3. The van der Waals surface area contributed by atoms with Crippen LogP contribution in [0.2, 0.25) is 0 Å². The summed E-state index contributed by atoms with van der Waals surface area (Å²) in [7, 11) is 0. The van der Waals surface area contributed by atoms with Crippen molar-refractivity contribution >= 4 is 23.8 Å². The van der Waals surface area contributed by atoms with Crippen LogP contribution in [0.25, 0.3) is 0 Å². The molecule has 0 spiro atoms. The van der Waals surface area contributed by atoms with Crippen molar-refractivity contribution in [1.82, 2.24) is 15.5 Å². The number of carboxylic acids is 1. The number of carboxylic acid groups (broad SMARTS) is 1. The number of carbonyl (C=O) groups is 4. The molecule has 0 aliphatic carbocycles. The van der Waals surface area contributed by atoms with Crippen molar-refractivity contribution < 1.29 is 24.3 Å². The van der Waals surface area contributed by atoms with E-state index in [2.05, 4.69) is 10.6 Å². The Kier molecular flexibility index (Phi) is 6.10. The topological polar surface area (TPSA) is 116 Å². The molecule has 0 saturated carbocycles. The van der Waals surface area contributed by atoms with Crippen LogP contribution in [0, 0.1) is 0 Å². The highest BCUT2D eigenvalue weighted by Gasteiger charge is 2.28. The Bertz CT molecular complexity index is 655. The second kappa shape index (κ2) is 8.27. The Hall–Kier alpha value is -2.90. The number of rotatable bonds is 8. The van der Waals surface area contributed by atoms with E-state index in [1.165, 1.54) is 0 Å².